The van der Waals surface area contributed by atoms with Crippen molar-refractivity contribution in [2.75, 3.05) is 24.4 Å². The summed E-state index contributed by atoms with van der Waals surface area (Å²) in [7, 11) is -2.90. The van der Waals surface area contributed by atoms with Gasteiger partial charge in [-0.3, -0.25) is 29.5 Å². The highest BCUT2D eigenvalue weighted by atomic mass is 35.5. The Morgan fingerprint density at radius 1 is 0.908 bits per heavy atom. The van der Waals surface area contributed by atoms with Crippen molar-refractivity contribution in [3.63, 3.8) is 0 Å². The average Bonchev–Trinajstić information content (AvgIpc) is 3.49. The van der Waals surface area contributed by atoms with Crippen molar-refractivity contribution >= 4 is 73.6 Å². The number of halogens is 2. The van der Waals surface area contributed by atoms with Crippen molar-refractivity contribution in [2.24, 2.45) is 5.41 Å². The first-order valence-electron chi connectivity index (χ1n) is 21.1. The maximum atomic E-state index is 15.4. The van der Waals surface area contributed by atoms with Gasteiger partial charge in [-0.25, -0.2) is 27.8 Å². The molecule has 2 unspecified atom stereocenters. The van der Waals surface area contributed by atoms with Crippen LogP contribution in [0.15, 0.2) is 94.6 Å². The zero-order chi connectivity index (χ0) is 46.8. The fourth-order valence-corrected chi connectivity index (χ4v) is 9.13. The second-order valence-corrected chi connectivity index (χ2v) is 19.5. The molecule has 0 radical (unpaired) electrons. The zero-order valence-electron chi connectivity index (χ0n) is 36.4. The van der Waals surface area contributed by atoms with E-state index in [1.54, 1.807) is 70.2 Å². The Hall–Kier alpha value is -5.85. The number of nitrogens with zero attached hydrogens (tertiary/aromatic N) is 4. The zero-order valence-corrected chi connectivity index (χ0v) is 38.7. The van der Waals surface area contributed by atoms with Gasteiger partial charge in [-0.2, -0.15) is 4.68 Å². The van der Waals surface area contributed by atoms with Crippen LogP contribution in [0.2, 0.25) is 10.0 Å². The van der Waals surface area contributed by atoms with Crippen molar-refractivity contribution in [1.29, 1.82) is 0 Å². The molecule has 0 bridgehead atoms. The lowest BCUT2D eigenvalue weighted by Gasteiger charge is -2.28. The number of fused-ring (bicyclic) bond motifs is 1. The fourth-order valence-electron chi connectivity index (χ4n) is 7.84. The minimum absolute atomic E-state index is 0.00923. The van der Waals surface area contributed by atoms with Gasteiger partial charge >= 0.3 is 6.03 Å². The number of rotatable bonds is 14. The van der Waals surface area contributed by atoms with Gasteiger partial charge in [-0.1, -0.05) is 112 Å². The number of ether oxygens (including phenoxy) is 2. The number of hydrogen-bond donors (Lipinski definition) is 3. The Labute approximate surface area is 386 Å². The van der Waals surface area contributed by atoms with Crippen molar-refractivity contribution in [3.05, 3.63) is 122 Å². The van der Waals surface area contributed by atoms with Crippen LogP contribution in [0.4, 0.5) is 10.5 Å². The number of para-hydroxylation sites is 1. The first-order chi connectivity index (χ1) is 30.9. The molecule has 0 spiro atoms. The summed E-state index contributed by atoms with van der Waals surface area (Å²) in [5.41, 5.74) is 1.67. The highest BCUT2D eigenvalue weighted by Gasteiger charge is 2.53. The van der Waals surface area contributed by atoms with E-state index in [-0.39, 0.29) is 56.4 Å². The van der Waals surface area contributed by atoms with Crippen LogP contribution in [0, 0.1) is 5.41 Å². The largest absolute Gasteiger partial charge is 0.455 e. The molecule has 16 nitrogen and oxygen atoms in total. The third kappa shape index (κ3) is 9.89. The third-order valence-corrected chi connectivity index (χ3v) is 13.2. The second kappa shape index (κ2) is 19.3. The monoisotopic (exact) mass is 945 g/mol. The molecular formula is C46H49Cl2N7O9S. The molecule has 1 aliphatic carbocycles. The molecule has 2 atom stereocenters. The Morgan fingerprint density at radius 3 is 2.28 bits per heavy atom. The highest BCUT2D eigenvalue weighted by Crippen LogP contribution is 2.41. The predicted octanol–water partition coefficient (Wildman–Crippen LogP) is 8.07. The molecule has 342 valence electrons. The lowest BCUT2D eigenvalue weighted by atomic mass is 9.84. The van der Waals surface area contributed by atoms with E-state index in [1.165, 1.54) is 37.4 Å². The van der Waals surface area contributed by atoms with Crippen molar-refractivity contribution in [3.8, 4) is 11.5 Å². The number of hydrogen-bond acceptors (Lipinski definition) is 10. The van der Waals surface area contributed by atoms with E-state index in [9.17, 15) is 27.6 Å². The standard InChI is InChI=1S/C46H49Cl2N7O9S/c1-6-63-43-42(58)54(45(60)53(43)26-27-15-9-7-10-16-27)38(39-51-37-32(23-29(47)24-33(37)48)41(57)55(39)52-44(59)46(2,3)4)40(56)50-34-25-30(65(61,62)49-5)21-22-36(34)64-35-20-14-13-19-31(35)28-17-11-8-12-18-28/h7,9-10,13-16,19-25,28,38,43,49H,6,8,11-12,17-18,26H2,1-5H3,(H,50,56)(H,52,59). The number of amides is 5. The van der Waals surface area contributed by atoms with Crippen LogP contribution in [0.5, 0.6) is 11.5 Å². The van der Waals surface area contributed by atoms with E-state index in [0.29, 0.717) is 20.9 Å². The number of nitrogens with one attached hydrogen (secondary N) is 3. The number of aromatic nitrogens is 2. The number of benzene rings is 4. The number of anilines is 1. The molecule has 1 saturated heterocycles. The lowest BCUT2D eigenvalue weighted by Crippen LogP contribution is -2.48. The van der Waals surface area contributed by atoms with Crippen molar-refractivity contribution in [1.82, 2.24) is 24.2 Å². The van der Waals surface area contributed by atoms with E-state index in [0.717, 1.165) is 42.6 Å². The van der Waals surface area contributed by atoms with Crippen molar-refractivity contribution in [2.45, 2.75) is 89.4 Å². The molecule has 1 aliphatic heterocycles. The van der Waals surface area contributed by atoms with Crippen LogP contribution in [0.3, 0.4) is 0 Å². The topological polar surface area (TPSA) is 198 Å². The Balaban J connectivity index is 1.44. The van der Waals surface area contributed by atoms with Gasteiger partial charge in [0.15, 0.2) is 17.6 Å². The molecule has 4 aromatic carbocycles. The summed E-state index contributed by atoms with van der Waals surface area (Å²) < 4.78 is 41.9. The van der Waals surface area contributed by atoms with Gasteiger partial charge < -0.3 is 14.8 Å². The highest BCUT2D eigenvalue weighted by molar-refractivity contribution is 7.89. The van der Waals surface area contributed by atoms with E-state index < -0.39 is 62.8 Å². The second-order valence-electron chi connectivity index (χ2n) is 16.7. The van der Waals surface area contributed by atoms with Crippen LogP contribution in [-0.4, -0.2) is 71.5 Å². The van der Waals surface area contributed by atoms with E-state index in [1.807, 2.05) is 12.1 Å². The third-order valence-electron chi connectivity index (χ3n) is 11.2. The van der Waals surface area contributed by atoms with Gasteiger partial charge in [0.25, 0.3) is 17.4 Å². The smallest absolute Gasteiger partial charge is 0.330 e. The van der Waals surface area contributed by atoms with Gasteiger partial charge in [0.2, 0.25) is 22.2 Å². The molecule has 2 aliphatic rings. The summed E-state index contributed by atoms with van der Waals surface area (Å²) in [4.78, 5) is 79.5. The molecule has 3 N–H and O–H groups in total. The minimum atomic E-state index is -4.13. The van der Waals surface area contributed by atoms with Gasteiger partial charge in [0, 0.05) is 17.0 Å². The van der Waals surface area contributed by atoms with E-state index in [4.69, 9.17) is 32.7 Å². The van der Waals surface area contributed by atoms with Crippen LogP contribution in [-0.2, 0) is 35.7 Å². The number of sulfonamides is 1. The first-order valence-corrected chi connectivity index (χ1v) is 23.3. The molecule has 1 saturated carbocycles. The van der Waals surface area contributed by atoms with E-state index >= 15 is 4.79 Å². The lowest BCUT2D eigenvalue weighted by molar-refractivity contribution is -0.145. The Bertz CT molecular complexity index is 2830. The summed E-state index contributed by atoms with van der Waals surface area (Å²) in [6, 6.07) is 19.5. The Morgan fingerprint density at radius 2 is 1.60 bits per heavy atom. The summed E-state index contributed by atoms with van der Waals surface area (Å²) in [5.74, 6) is -2.80. The maximum absolute atomic E-state index is 15.4. The summed E-state index contributed by atoms with van der Waals surface area (Å²) in [6.45, 7) is 6.23. The quantitative estimate of drug-likeness (QED) is 0.0916. The molecule has 5 aromatic rings. The number of carbonyl (C=O) groups is 4. The molecule has 7 rings (SSSR count). The van der Waals surface area contributed by atoms with Gasteiger partial charge in [0.1, 0.15) is 5.75 Å². The van der Waals surface area contributed by atoms with Gasteiger partial charge in [0.05, 0.1) is 33.1 Å². The van der Waals surface area contributed by atoms with Crippen LogP contribution >= 0.6 is 23.2 Å². The fraction of sp³-hybridized carbons (Fsp3) is 0.348. The molecule has 1 aromatic heterocycles. The van der Waals surface area contributed by atoms with Gasteiger partial charge in [-0.15, -0.1) is 0 Å². The molecule has 65 heavy (non-hydrogen) atoms. The SMILES string of the molecule is CCOC1C(=O)N(C(C(=O)Nc2cc(S(=O)(=O)NC)ccc2Oc2ccccc2C2CCCCC2)c2nc3c(Cl)cc(Cl)cc3c(=O)n2NC(=O)C(C)(C)C)C(=O)N1Cc1ccccc1. The normalized spacial score (nSPS) is 16.5. The van der Waals surface area contributed by atoms with Crippen molar-refractivity contribution < 1.29 is 37.1 Å². The molecule has 5 amide bonds. The van der Waals surface area contributed by atoms with Crippen LogP contribution in [0.1, 0.15) is 88.7 Å². The van der Waals surface area contributed by atoms with Crippen LogP contribution in [0.25, 0.3) is 10.9 Å². The number of carbonyl (C=O) groups excluding carboxylic acids is 4. The molecule has 19 heteroatoms. The van der Waals surface area contributed by atoms with E-state index in [2.05, 4.69) is 20.4 Å². The van der Waals surface area contributed by atoms with Crippen LogP contribution < -0.4 is 25.8 Å². The maximum Gasteiger partial charge on any atom is 0.330 e. The summed E-state index contributed by atoms with van der Waals surface area (Å²) in [6.07, 6.45) is 3.54. The minimum Gasteiger partial charge on any atom is -0.455 e. The molecule has 2 fully saturated rings. The Kier molecular flexibility index (Phi) is 14.0. The van der Waals surface area contributed by atoms with Gasteiger partial charge in [-0.05, 0) is 80.3 Å². The predicted molar refractivity (Wildman–Crippen MR) is 246 cm³/mol. The number of imide groups is 1. The first kappa shape index (κ1) is 47.1. The molecule has 2 heterocycles. The molecular weight excluding hydrogens is 898 g/mol. The summed E-state index contributed by atoms with van der Waals surface area (Å²) >= 11 is 13.0. The average molecular weight is 947 g/mol. The summed E-state index contributed by atoms with van der Waals surface area (Å²) in [5, 5.41) is 2.50. The number of urea groups is 1.